The van der Waals surface area contributed by atoms with Gasteiger partial charge in [-0.2, -0.15) is 4.31 Å². The molecule has 160 valence electrons. The molecule has 1 aromatic carbocycles. The summed E-state index contributed by atoms with van der Waals surface area (Å²) in [5.41, 5.74) is 0.860. The summed E-state index contributed by atoms with van der Waals surface area (Å²) in [6, 6.07) is 9.20. The molecule has 29 heavy (non-hydrogen) atoms. The summed E-state index contributed by atoms with van der Waals surface area (Å²) in [7, 11) is -3.46. The van der Waals surface area contributed by atoms with Crippen molar-refractivity contribution in [2.75, 3.05) is 39.3 Å². The van der Waals surface area contributed by atoms with Crippen molar-refractivity contribution >= 4 is 22.0 Å². The van der Waals surface area contributed by atoms with Crippen LogP contribution in [-0.2, 0) is 14.8 Å². The lowest BCUT2D eigenvalue weighted by Crippen LogP contribution is -2.56. The molecule has 0 radical (unpaired) electrons. The monoisotopic (exact) mass is 419 g/mol. The number of nitrogens with zero attached hydrogens (tertiary/aromatic N) is 3. The Hall–Kier alpha value is -1.70. The van der Waals surface area contributed by atoms with Gasteiger partial charge in [-0.25, -0.2) is 8.42 Å². The van der Waals surface area contributed by atoms with Crippen LogP contribution in [0.15, 0.2) is 35.7 Å². The molecule has 0 unspecified atom stereocenters. The van der Waals surface area contributed by atoms with Crippen LogP contribution in [-0.4, -0.2) is 73.7 Å². The number of benzene rings is 1. The van der Waals surface area contributed by atoms with Gasteiger partial charge in [-0.3, -0.25) is 9.69 Å². The van der Waals surface area contributed by atoms with Gasteiger partial charge in [-0.1, -0.05) is 44.2 Å². The number of carbonyl (C=O) groups excluding carboxylic acids is 1. The van der Waals surface area contributed by atoms with Gasteiger partial charge >= 0.3 is 0 Å². The molecule has 2 fully saturated rings. The fraction of sp³-hybridized carbons (Fsp3) is 0.591. The quantitative estimate of drug-likeness (QED) is 0.736. The number of piperazine rings is 1. The highest BCUT2D eigenvalue weighted by Crippen LogP contribution is 2.22. The van der Waals surface area contributed by atoms with Gasteiger partial charge in [0.1, 0.15) is 0 Å². The van der Waals surface area contributed by atoms with Gasteiger partial charge in [0.05, 0.1) is 6.04 Å². The molecule has 2 saturated heterocycles. The van der Waals surface area contributed by atoms with Crippen molar-refractivity contribution < 1.29 is 13.2 Å². The number of piperidine rings is 1. The summed E-state index contributed by atoms with van der Waals surface area (Å²) in [5.74, 6) is 1.24. The summed E-state index contributed by atoms with van der Waals surface area (Å²) in [4.78, 5) is 17.1. The van der Waals surface area contributed by atoms with Gasteiger partial charge in [0.15, 0.2) is 0 Å². The van der Waals surface area contributed by atoms with Gasteiger partial charge in [0.2, 0.25) is 15.9 Å². The van der Waals surface area contributed by atoms with Crippen molar-refractivity contribution in [2.24, 2.45) is 11.8 Å². The molecule has 7 heteroatoms. The maximum Gasteiger partial charge on any atom is 0.239 e. The van der Waals surface area contributed by atoms with Crippen molar-refractivity contribution in [2.45, 2.75) is 33.2 Å². The zero-order chi connectivity index (χ0) is 21.0. The van der Waals surface area contributed by atoms with Crippen LogP contribution in [0.1, 0.15) is 32.8 Å². The molecular formula is C22H33N3O3S. The maximum atomic E-state index is 13.0. The molecule has 0 aliphatic carbocycles. The predicted octanol–water partition coefficient (Wildman–Crippen LogP) is 2.50. The van der Waals surface area contributed by atoms with Gasteiger partial charge in [-0.15, -0.1) is 0 Å². The minimum Gasteiger partial charge on any atom is -0.341 e. The highest BCUT2D eigenvalue weighted by Gasteiger charge is 2.33. The van der Waals surface area contributed by atoms with E-state index in [9.17, 15) is 13.2 Å². The van der Waals surface area contributed by atoms with Crippen molar-refractivity contribution in [3.8, 4) is 0 Å². The van der Waals surface area contributed by atoms with Crippen LogP contribution in [0.3, 0.4) is 0 Å². The predicted molar refractivity (Wildman–Crippen MR) is 117 cm³/mol. The van der Waals surface area contributed by atoms with E-state index in [1.807, 2.05) is 42.2 Å². The molecule has 0 saturated carbocycles. The van der Waals surface area contributed by atoms with E-state index in [-0.39, 0.29) is 11.9 Å². The van der Waals surface area contributed by atoms with Crippen LogP contribution in [0.4, 0.5) is 0 Å². The first-order valence-electron chi connectivity index (χ1n) is 10.5. The second kappa shape index (κ2) is 9.41. The Morgan fingerprint density at radius 2 is 1.62 bits per heavy atom. The van der Waals surface area contributed by atoms with Crippen molar-refractivity contribution in [1.82, 2.24) is 14.1 Å². The lowest BCUT2D eigenvalue weighted by atomic mass is 9.91. The zero-order valence-corrected chi connectivity index (χ0v) is 18.5. The molecule has 0 bridgehead atoms. The fourth-order valence-electron chi connectivity index (χ4n) is 4.42. The lowest BCUT2D eigenvalue weighted by molar-refractivity contribution is -0.139. The summed E-state index contributed by atoms with van der Waals surface area (Å²) in [6.45, 7) is 9.97. The zero-order valence-electron chi connectivity index (χ0n) is 17.7. The summed E-state index contributed by atoms with van der Waals surface area (Å²) in [6.07, 6.45) is 2.80. The highest BCUT2D eigenvalue weighted by molar-refractivity contribution is 7.92. The van der Waals surface area contributed by atoms with E-state index < -0.39 is 10.0 Å². The molecule has 0 aromatic heterocycles. The van der Waals surface area contributed by atoms with Crippen molar-refractivity contribution in [1.29, 1.82) is 0 Å². The molecule has 2 aliphatic heterocycles. The van der Waals surface area contributed by atoms with Crippen molar-refractivity contribution in [3.63, 3.8) is 0 Å². The second-order valence-electron chi connectivity index (χ2n) is 8.56. The molecule has 2 heterocycles. The topological polar surface area (TPSA) is 60.9 Å². The first-order chi connectivity index (χ1) is 13.8. The molecule has 1 amide bonds. The standard InChI is InChI=1S/C22H33N3O3S/c1-18-15-19(2)17-24(16-18)22(26)20(3)23-10-12-25(13-11-23)29(27,28)14-9-21-7-5-4-6-8-21/h4-9,14,18-20H,10-13,15-17H2,1-3H3/b14-9+/t18-,19+,20-/m1/s1. The maximum absolute atomic E-state index is 13.0. The largest absolute Gasteiger partial charge is 0.341 e. The van der Waals surface area contributed by atoms with E-state index >= 15 is 0 Å². The van der Waals surface area contributed by atoms with E-state index in [0.717, 1.165) is 18.7 Å². The Balaban J connectivity index is 1.55. The van der Waals surface area contributed by atoms with Crippen LogP contribution < -0.4 is 0 Å². The van der Waals surface area contributed by atoms with E-state index in [2.05, 4.69) is 18.7 Å². The second-order valence-corrected chi connectivity index (χ2v) is 10.4. The first kappa shape index (κ1) is 22.0. The molecule has 3 rings (SSSR count). The third kappa shape index (κ3) is 5.68. The van der Waals surface area contributed by atoms with E-state index in [0.29, 0.717) is 38.0 Å². The average molecular weight is 420 g/mol. The normalized spacial score (nSPS) is 26.0. The van der Waals surface area contributed by atoms with E-state index in [1.54, 1.807) is 6.08 Å². The Kier molecular flexibility index (Phi) is 7.14. The fourth-order valence-corrected chi connectivity index (χ4v) is 5.60. The first-order valence-corrected chi connectivity index (χ1v) is 12.0. The smallest absolute Gasteiger partial charge is 0.239 e. The SMILES string of the molecule is C[C@@H]1C[C@H](C)CN(C(=O)[C@@H](C)N2CCN(S(=O)(=O)/C=C/c3ccccc3)CC2)C1. The minimum absolute atomic E-state index is 0.170. The van der Waals surface area contributed by atoms with Gasteiger partial charge < -0.3 is 4.90 Å². The molecule has 2 aliphatic rings. The third-order valence-electron chi connectivity index (χ3n) is 5.95. The van der Waals surface area contributed by atoms with E-state index in [1.165, 1.54) is 16.1 Å². The highest BCUT2D eigenvalue weighted by atomic mass is 32.2. The number of likely N-dealkylation sites (tertiary alicyclic amines) is 1. The van der Waals surface area contributed by atoms with Crippen LogP contribution in [0, 0.1) is 11.8 Å². The molecule has 0 spiro atoms. The minimum atomic E-state index is -3.46. The molecule has 0 N–H and O–H groups in total. The molecule has 6 nitrogen and oxygen atoms in total. The van der Waals surface area contributed by atoms with Gasteiger partial charge in [0, 0.05) is 44.7 Å². The summed E-state index contributed by atoms with van der Waals surface area (Å²) in [5, 5.41) is 1.28. The Bertz CT molecular complexity index is 807. The third-order valence-corrected chi connectivity index (χ3v) is 7.52. The number of sulfonamides is 1. The Labute approximate surface area is 175 Å². The number of hydrogen-bond donors (Lipinski definition) is 0. The van der Waals surface area contributed by atoms with Crippen LogP contribution in [0.25, 0.3) is 6.08 Å². The van der Waals surface area contributed by atoms with Crippen LogP contribution in [0.2, 0.25) is 0 Å². The lowest BCUT2D eigenvalue weighted by Gasteiger charge is -2.41. The molecular weight excluding hydrogens is 386 g/mol. The van der Waals surface area contributed by atoms with Gasteiger partial charge in [0.25, 0.3) is 0 Å². The van der Waals surface area contributed by atoms with Crippen molar-refractivity contribution in [3.05, 3.63) is 41.3 Å². The Morgan fingerprint density at radius 3 is 2.21 bits per heavy atom. The van der Waals surface area contributed by atoms with Gasteiger partial charge in [-0.05, 0) is 36.8 Å². The number of amides is 1. The van der Waals surface area contributed by atoms with Crippen LogP contribution in [0.5, 0.6) is 0 Å². The summed E-state index contributed by atoms with van der Waals surface area (Å²) >= 11 is 0. The molecule has 3 atom stereocenters. The van der Waals surface area contributed by atoms with E-state index in [4.69, 9.17) is 0 Å². The van der Waals surface area contributed by atoms with Crippen LogP contribution >= 0.6 is 0 Å². The average Bonchev–Trinajstić information content (AvgIpc) is 2.71. The Morgan fingerprint density at radius 1 is 1.03 bits per heavy atom. The number of hydrogen-bond acceptors (Lipinski definition) is 4. The number of rotatable bonds is 5. The number of carbonyl (C=O) groups is 1. The molecule has 1 aromatic rings. The summed E-state index contributed by atoms with van der Waals surface area (Å²) < 4.78 is 26.8.